The van der Waals surface area contributed by atoms with Gasteiger partial charge in [0.15, 0.2) is 0 Å². The number of hydrogen-bond donors (Lipinski definition) is 2. The smallest absolute Gasteiger partial charge is 0.127 e. The van der Waals surface area contributed by atoms with Crippen molar-refractivity contribution in [3.8, 4) is 23.0 Å². The molecule has 0 fully saturated rings. The van der Waals surface area contributed by atoms with Crippen molar-refractivity contribution in [2.24, 2.45) is 0 Å². The zero-order chi connectivity index (χ0) is 28.5. The monoisotopic (exact) mass is 574 g/mol. The van der Waals surface area contributed by atoms with Crippen LogP contribution in [0.3, 0.4) is 0 Å². The number of benzene rings is 2. The van der Waals surface area contributed by atoms with Crippen LogP contribution in [0.2, 0.25) is 0 Å². The molecule has 2 unspecified atom stereocenters. The van der Waals surface area contributed by atoms with Gasteiger partial charge in [0.1, 0.15) is 34.2 Å². The predicted molar refractivity (Wildman–Crippen MR) is 165 cm³/mol. The maximum atomic E-state index is 10.4. The highest BCUT2D eigenvalue weighted by Crippen LogP contribution is 2.45. The molecular formula is C34H51ClO5. The van der Waals surface area contributed by atoms with Gasteiger partial charge in [-0.25, -0.2) is 0 Å². The largest absolute Gasteiger partial charge is 0.507 e. The SMILES string of the molecule is Cc1c(C)c2c(c(C)c1O)CCC(C)(CCCCOCCCCC1(C)CCc3c(C)c(O)c(C)c(C)c3O1)O2.Cl. The van der Waals surface area contributed by atoms with Crippen molar-refractivity contribution in [1.29, 1.82) is 0 Å². The summed E-state index contributed by atoms with van der Waals surface area (Å²) in [5, 5.41) is 20.8. The molecule has 0 radical (unpaired) electrons. The second kappa shape index (κ2) is 12.8. The van der Waals surface area contributed by atoms with E-state index in [2.05, 4.69) is 27.7 Å². The quantitative estimate of drug-likeness (QED) is 0.278. The molecule has 0 spiro atoms. The summed E-state index contributed by atoms with van der Waals surface area (Å²) in [4.78, 5) is 0. The first-order chi connectivity index (χ1) is 18.4. The van der Waals surface area contributed by atoms with Gasteiger partial charge in [0.2, 0.25) is 0 Å². The molecule has 2 N–H and O–H groups in total. The minimum atomic E-state index is -0.157. The van der Waals surface area contributed by atoms with E-state index in [0.717, 1.165) is 122 Å². The van der Waals surface area contributed by atoms with Crippen LogP contribution in [0.15, 0.2) is 0 Å². The third-order valence-corrected chi connectivity index (χ3v) is 9.67. The Bertz CT molecular complexity index is 1130. The van der Waals surface area contributed by atoms with Crippen molar-refractivity contribution in [2.45, 2.75) is 131 Å². The molecule has 2 aromatic rings. The molecule has 6 heteroatoms. The van der Waals surface area contributed by atoms with Crippen molar-refractivity contribution < 1.29 is 24.4 Å². The third kappa shape index (κ3) is 6.51. The Hall–Kier alpha value is -2.11. The number of unbranched alkanes of at least 4 members (excludes halogenated alkanes) is 2. The van der Waals surface area contributed by atoms with Gasteiger partial charge in [0.05, 0.1) is 0 Å². The van der Waals surface area contributed by atoms with Crippen LogP contribution in [-0.4, -0.2) is 34.6 Å². The van der Waals surface area contributed by atoms with Crippen molar-refractivity contribution in [1.82, 2.24) is 0 Å². The van der Waals surface area contributed by atoms with Gasteiger partial charge in [-0.05, 0) is 153 Å². The van der Waals surface area contributed by atoms with Gasteiger partial charge in [-0.2, -0.15) is 0 Å². The first-order valence-corrected chi connectivity index (χ1v) is 15.0. The van der Waals surface area contributed by atoms with Gasteiger partial charge < -0.3 is 24.4 Å². The predicted octanol–water partition coefficient (Wildman–Crippen LogP) is 8.59. The van der Waals surface area contributed by atoms with Crippen LogP contribution < -0.4 is 9.47 Å². The lowest BCUT2D eigenvalue weighted by Crippen LogP contribution is -2.37. The number of aromatic hydroxyl groups is 2. The van der Waals surface area contributed by atoms with Gasteiger partial charge in [-0.15, -0.1) is 12.4 Å². The van der Waals surface area contributed by atoms with Crippen LogP contribution in [0, 0.1) is 41.5 Å². The van der Waals surface area contributed by atoms with Gasteiger partial charge in [0, 0.05) is 24.3 Å². The molecule has 2 heterocycles. The summed E-state index contributed by atoms with van der Waals surface area (Å²) in [6, 6.07) is 0. The molecule has 2 aliphatic rings. The van der Waals surface area contributed by atoms with E-state index in [-0.39, 0.29) is 23.6 Å². The first kappa shape index (κ1) is 32.4. The summed E-state index contributed by atoms with van der Waals surface area (Å²) in [6.07, 6.45) is 10.2. The molecule has 2 atom stereocenters. The second-order valence-electron chi connectivity index (χ2n) is 12.7. The van der Waals surface area contributed by atoms with Crippen LogP contribution in [0.1, 0.15) is 110 Å². The number of ether oxygens (including phenoxy) is 3. The van der Waals surface area contributed by atoms with Crippen LogP contribution >= 0.6 is 12.4 Å². The summed E-state index contributed by atoms with van der Waals surface area (Å²) in [5.74, 6) is 2.82. The molecule has 0 aromatic heterocycles. The van der Waals surface area contributed by atoms with E-state index in [1.807, 2.05) is 27.7 Å². The minimum absolute atomic E-state index is 0. The second-order valence-corrected chi connectivity index (χ2v) is 12.7. The first-order valence-electron chi connectivity index (χ1n) is 15.0. The molecule has 2 aliphatic heterocycles. The van der Waals surface area contributed by atoms with Gasteiger partial charge in [-0.3, -0.25) is 0 Å². The topological polar surface area (TPSA) is 68.2 Å². The van der Waals surface area contributed by atoms with Gasteiger partial charge in [0.25, 0.3) is 0 Å². The van der Waals surface area contributed by atoms with E-state index < -0.39 is 0 Å². The molecule has 0 bridgehead atoms. The summed E-state index contributed by atoms with van der Waals surface area (Å²) >= 11 is 0. The molecular weight excluding hydrogens is 524 g/mol. The standard InChI is InChI=1S/C34H50O5.ClH/c1-21-23(3)31-27(25(5)29(21)35)13-17-33(7,38-31)15-9-11-19-37-20-12-10-16-34(8)18-14-28-26(6)30(36)22(2)24(4)32(28)39-34;/h35-36H,9-20H2,1-8H3;1H. The summed E-state index contributed by atoms with van der Waals surface area (Å²) < 4.78 is 19.1. The maximum Gasteiger partial charge on any atom is 0.127 e. The maximum absolute atomic E-state index is 10.4. The molecule has 224 valence electrons. The van der Waals surface area contributed by atoms with Gasteiger partial charge >= 0.3 is 0 Å². The fourth-order valence-corrected chi connectivity index (χ4v) is 6.45. The number of phenolic OH excluding ortho intramolecular Hbond substituents is 2. The molecule has 0 aliphatic carbocycles. The van der Waals surface area contributed by atoms with E-state index in [9.17, 15) is 10.2 Å². The normalized spacial score (nSPS) is 21.6. The Labute approximate surface area is 248 Å². The molecule has 40 heavy (non-hydrogen) atoms. The number of rotatable bonds is 10. The third-order valence-electron chi connectivity index (χ3n) is 9.67. The average Bonchev–Trinajstić information content (AvgIpc) is 2.91. The average molecular weight is 575 g/mol. The Morgan fingerprint density at radius 3 is 1.35 bits per heavy atom. The molecule has 2 aromatic carbocycles. The molecule has 4 rings (SSSR count). The Balaban J connectivity index is 0.00000441. The van der Waals surface area contributed by atoms with Crippen LogP contribution in [-0.2, 0) is 17.6 Å². The summed E-state index contributed by atoms with van der Waals surface area (Å²) in [7, 11) is 0. The summed E-state index contributed by atoms with van der Waals surface area (Å²) in [5.41, 5.74) is 7.97. The number of phenols is 2. The lowest BCUT2D eigenvalue weighted by Gasteiger charge is -2.38. The fourth-order valence-electron chi connectivity index (χ4n) is 6.45. The van der Waals surface area contributed by atoms with Crippen LogP contribution in [0.4, 0.5) is 0 Å². The lowest BCUT2D eigenvalue weighted by molar-refractivity contribution is 0.0446. The van der Waals surface area contributed by atoms with E-state index in [1.54, 1.807) is 0 Å². The Morgan fingerprint density at radius 2 is 0.975 bits per heavy atom. The van der Waals surface area contributed by atoms with Crippen LogP contribution in [0.25, 0.3) is 0 Å². The molecule has 0 saturated carbocycles. The lowest BCUT2D eigenvalue weighted by atomic mass is 9.85. The molecule has 0 amide bonds. The minimum Gasteiger partial charge on any atom is -0.507 e. The zero-order valence-corrected chi connectivity index (χ0v) is 26.8. The number of halogens is 1. The fraction of sp³-hybridized carbons (Fsp3) is 0.647. The van der Waals surface area contributed by atoms with Crippen molar-refractivity contribution in [2.75, 3.05) is 13.2 Å². The highest BCUT2D eigenvalue weighted by Gasteiger charge is 2.35. The highest BCUT2D eigenvalue weighted by atomic mass is 35.5. The van der Waals surface area contributed by atoms with Crippen LogP contribution in [0.5, 0.6) is 23.0 Å². The number of hydrogen-bond acceptors (Lipinski definition) is 5. The van der Waals surface area contributed by atoms with Crippen molar-refractivity contribution >= 4 is 12.4 Å². The van der Waals surface area contributed by atoms with E-state index in [4.69, 9.17) is 14.2 Å². The summed E-state index contributed by atoms with van der Waals surface area (Å²) in [6.45, 7) is 18.1. The van der Waals surface area contributed by atoms with Crippen molar-refractivity contribution in [3.05, 3.63) is 44.5 Å². The zero-order valence-electron chi connectivity index (χ0n) is 26.0. The van der Waals surface area contributed by atoms with Crippen molar-refractivity contribution in [3.63, 3.8) is 0 Å². The van der Waals surface area contributed by atoms with E-state index >= 15 is 0 Å². The Kier molecular flexibility index (Phi) is 10.4. The Morgan fingerprint density at radius 1 is 0.600 bits per heavy atom. The van der Waals surface area contributed by atoms with Gasteiger partial charge in [-0.1, -0.05) is 0 Å². The molecule has 0 saturated heterocycles. The number of fused-ring (bicyclic) bond motifs is 2. The van der Waals surface area contributed by atoms with E-state index in [0.29, 0.717) is 11.5 Å². The molecule has 5 nitrogen and oxygen atoms in total. The van der Waals surface area contributed by atoms with E-state index in [1.165, 1.54) is 11.1 Å². The highest BCUT2D eigenvalue weighted by molar-refractivity contribution is 5.85.